The van der Waals surface area contributed by atoms with E-state index in [9.17, 15) is 0 Å². The maximum Gasteiger partial charge on any atom is 0.0130 e. The summed E-state index contributed by atoms with van der Waals surface area (Å²) in [6.45, 7) is 3.85. The molecule has 1 aliphatic carbocycles. The van der Waals surface area contributed by atoms with E-state index >= 15 is 0 Å². The Labute approximate surface area is 75.1 Å². The highest BCUT2D eigenvalue weighted by Gasteiger charge is 2.46. The van der Waals surface area contributed by atoms with Crippen LogP contribution in [0.15, 0.2) is 0 Å². The van der Waals surface area contributed by atoms with Gasteiger partial charge in [-0.1, -0.05) is 6.92 Å². The lowest BCUT2D eigenvalue weighted by Crippen LogP contribution is -2.31. The van der Waals surface area contributed by atoms with Gasteiger partial charge in [0.2, 0.25) is 0 Å². The molecule has 3 fully saturated rings. The van der Waals surface area contributed by atoms with Gasteiger partial charge in [-0.2, -0.15) is 0 Å². The van der Waals surface area contributed by atoms with E-state index in [4.69, 9.17) is 0 Å². The van der Waals surface area contributed by atoms with Crippen molar-refractivity contribution in [2.45, 2.75) is 51.1 Å². The van der Waals surface area contributed by atoms with Crippen LogP contribution in [0.5, 0.6) is 0 Å². The SMILES string of the molecule is C[C@H]1C[C@@H]2C[C@@H]3CCCN3[C@@H]2C1. The van der Waals surface area contributed by atoms with Crippen molar-refractivity contribution in [3.05, 3.63) is 0 Å². The van der Waals surface area contributed by atoms with Gasteiger partial charge in [0.25, 0.3) is 0 Å². The standard InChI is InChI=1S/C11H19N/c1-8-5-9-7-10-3-2-4-12(10)11(9)6-8/h8-11H,2-7H2,1H3/t8-,9+,10-,11+/m0/s1. The van der Waals surface area contributed by atoms with Crippen molar-refractivity contribution in [1.29, 1.82) is 0 Å². The predicted molar refractivity (Wildman–Crippen MR) is 50.0 cm³/mol. The molecule has 3 aliphatic rings. The smallest absolute Gasteiger partial charge is 0.0130 e. The summed E-state index contributed by atoms with van der Waals surface area (Å²) in [5.74, 6) is 2.10. The highest BCUT2D eigenvalue weighted by molar-refractivity contribution is 5.01. The van der Waals surface area contributed by atoms with Crippen molar-refractivity contribution in [3.8, 4) is 0 Å². The molecule has 0 unspecified atom stereocenters. The fourth-order valence-electron chi connectivity index (χ4n) is 3.93. The van der Waals surface area contributed by atoms with E-state index in [0.29, 0.717) is 0 Å². The summed E-state index contributed by atoms with van der Waals surface area (Å²) in [6, 6.07) is 2.01. The molecule has 0 N–H and O–H groups in total. The first-order chi connectivity index (χ1) is 5.84. The average Bonchev–Trinajstić information content (AvgIpc) is 2.59. The molecule has 68 valence electrons. The molecule has 12 heavy (non-hydrogen) atoms. The molecule has 0 aromatic rings. The second-order valence-electron chi connectivity index (χ2n) is 5.17. The van der Waals surface area contributed by atoms with E-state index in [-0.39, 0.29) is 0 Å². The first-order valence-electron chi connectivity index (χ1n) is 5.60. The number of nitrogens with zero attached hydrogens (tertiary/aromatic N) is 1. The molecule has 0 bridgehead atoms. The molecule has 0 radical (unpaired) electrons. The minimum absolute atomic E-state index is 1.01. The normalized spacial score (nSPS) is 52.8. The average molecular weight is 165 g/mol. The van der Waals surface area contributed by atoms with Crippen LogP contribution < -0.4 is 0 Å². The first kappa shape index (κ1) is 7.37. The van der Waals surface area contributed by atoms with Gasteiger partial charge in [0.05, 0.1) is 0 Å². The molecule has 4 atom stereocenters. The van der Waals surface area contributed by atoms with Crippen molar-refractivity contribution in [2.75, 3.05) is 6.54 Å². The van der Waals surface area contributed by atoms with Gasteiger partial charge >= 0.3 is 0 Å². The summed E-state index contributed by atoms with van der Waals surface area (Å²) >= 11 is 0. The number of fused-ring (bicyclic) bond motifs is 3. The topological polar surface area (TPSA) is 3.24 Å². The summed E-state index contributed by atoms with van der Waals surface area (Å²) in [5, 5.41) is 0. The lowest BCUT2D eigenvalue weighted by molar-refractivity contribution is 0.231. The Kier molecular flexibility index (Phi) is 1.52. The molecule has 2 saturated heterocycles. The zero-order valence-electron chi connectivity index (χ0n) is 8.00. The Balaban J connectivity index is 1.80. The predicted octanol–water partition coefficient (Wildman–Crippen LogP) is 2.27. The van der Waals surface area contributed by atoms with Crippen molar-refractivity contribution in [1.82, 2.24) is 4.90 Å². The molecule has 2 heterocycles. The molecular weight excluding hydrogens is 146 g/mol. The summed E-state index contributed by atoms with van der Waals surface area (Å²) in [5.41, 5.74) is 0. The van der Waals surface area contributed by atoms with E-state index in [1.54, 1.807) is 0 Å². The van der Waals surface area contributed by atoms with Crippen LogP contribution in [0.4, 0.5) is 0 Å². The number of rotatable bonds is 0. The van der Waals surface area contributed by atoms with E-state index in [0.717, 1.165) is 23.9 Å². The van der Waals surface area contributed by atoms with Gasteiger partial charge in [-0.05, 0) is 50.5 Å². The molecule has 1 nitrogen and oxygen atoms in total. The van der Waals surface area contributed by atoms with Gasteiger partial charge in [-0.25, -0.2) is 0 Å². The quantitative estimate of drug-likeness (QED) is 0.532. The van der Waals surface area contributed by atoms with Crippen molar-refractivity contribution in [3.63, 3.8) is 0 Å². The van der Waals surface area contributed by atoms with Crippen molar-refractivity contribution < 1.29 is 0 Å². The molecular formula is C11H19N. The van der Waals surface area contributed by atoms with Gasteiger partial charge in [0, 0.05) is 12.1 Å². The fraction of sp³-hybridized carbons (Fsp3) is 1.00. The molecule has 1 heteroatoms. The highest BCUT2D eigenvalue weighted by Crippen LogP contribution is 2.46. The second kappa shape index (κ2) is 2.47. The molecule has 0 aromatic heterocycles. The highest BCUT2D eigenvalue weighted by atomic mass is 15.2. The van der Waals surface area contributed by atoms with E-state index in [2.05, 4.69) is 11.8 Å². The van der Waals surface area contributed by atoms with Crippen LogP contribution in [0.3, 0.4) is 0 Å². The van der Waals surface area contributed by atoms with Gasteiger partial charge in [0.15, 0.2) is 0 Å². The van der Waals surface area contributed by atoms with Crippen LogP contribution in [-0.4, -0.2) is 23.5 Å². The number of hydrogen-bond donors (Lipinski definition) is 0. The largest absolute Gasteiger partial charge is 0.297 e. The summed E-state index contributed by atoms with van der Waals surface area (Å²) in [7, 11) is 0. The second-order valence-corrected chi connectivity index (χ2v) is 5.17. The summed E-state index contributed by atoms with van der Waals surface area (Å²) in [6.07, 6.45) is 7.54. The fourth-order valence-corrected chi connectivity index (χ4v) is 3.93. The Morgan fingerprint density at radius 2 is 2.08 bits per heavy atom. The maximum atomic E-state index is 2.83. The van der Waals surface area contributed by atoms with Crippen LogP contribution in [0.25, 0.3) is 0 Å². The van der Waals surface area contributed by atoms with Crippen LogP contribution >= 0.6 is 0 Å². The first-order valence-corrected chi connectivity index (χ1v) is 5.60. The zero-order valence-corrected chi connectivity index (χ0v) is 8.00. The summed E-state index contributed by atoms with van der Waals surface area (Å²) in [4.78, 5) is 2.83. The van der Waals surface area contributed by atoms with E-state index < -0.39 is 0 Å². The van der Waals surface area contributed by atoms with E-state index in [1.165, 1.54) is 38.6 Å². The van der Waals surface area contributed by atoms with Crippen LogP contribution in [0.2, 0.25) is 0 Å². The minimum Gasteiger partial charge on any atom is -0.297 e. The van der Waals surface area contributed by atoms with Gasteiger partial charge in [-0.3, -0.25) is 4.90 Å². The lowest BCUT2D eigenvalue weighted by Gasteiger charge is -2.22. The molecule has 2 aliphatic heterocycles. The van der Waals surface area contributed by atoms with Crippen LogP contribution in [-0.2, 0) is 0 Å². The maximum absolute atomic E-state index is 2.83. The molecule has 3 rings (SSSR count). The Bertz CT molecular complexity index is 189. The van der Waals surface area contributed by atoms with Gasteiger partial charge < -0.3 is 0 Å². The minimum atomic E-state index is 1.01. The Hall–Kier alpha value is -0.0400. The monoisotopic (exact) mass is 165 g/mol. The Morgan fingerprint density at radius 3 is 3.00 bits per heavy atom. The third-order valence-corrected chi connectivity index (χ3v) is 4.32. The van der Waals surface area contributed by atoms with Crippen molar-refractivity contribution in [2.24, 2.45) is 11.8 Å². The molecule has 0 amide bonds. The molecule has 0 spiro atoms. The molecule has 1 saturated carbocycles. The van der Waals surface area contributed by atoms with Gasteiger partial charge in [0.1, 0.15) is 0 Å². The number of hydrogen-bond acceptors (Lipinski definition) is 1. The zero-order chi connectivity index (χ0) is 8.13. The molecule has 0 aromatic carbocycles. The third kappa shape index (κ3) is 0.891. The van der Waals surface area contributed by atoms with Gasteiger partial charge in [-0.15, -0.1) is 0 Å². The van der Waals surface area contributed by atoms with E-state index in [1.807, 2.05) is 0 Å². The third-order valence-electron chi connectivity index (χ3n) is 4.32. The van der Waals surface area contributed by atoms with Crippen molar-refractivity contribution >= 4 is 0 Å². The lowest BCUT2D eigenvalue weighted by atomic mass is 9.99. The summed E-state index contributed by atoms with van der Waals surface area (Å²) < 4.78 is 0. The van der Waals surface area contributed by atoms with Crippen LogP contribution in [0.1, 0.15) is 39.0 Å². The Morgan fingerprint density at radius 1 is 1.17 bits per heavy atom. The van der Waals surface area contributed by atoms with Crippen LogP contribution in [0, 0.1) is 11.8 Å².